The molecule has 0 radical (unpaired) electrons. The summed E-state index contributed by atoms with van der Waals surface area (Å²) < 4.78 is 5.47. The van der Waals surface area contributed by atoms with Gasteiger partial charge >= 0.3 is 0 Å². The highest BCUT2D eigenvalue weighted by molar-refractivity contribution is 5.81. The van der Waals surface area contributed by atoms with Gasteiger partial charge in [-0.3, -0.25) is 4.98 Å². The zero-order valence-corrected chi connectivity index (χ0v) is 15.1. The van der Waals surface area contributed by atoms with Crippen LogP contribution in [0.5, 0.6) is 5.75 Å². The van der Waals surface area contributed by atoms with Crippen LogP contribution in [-0.4, -0.2) is 41.4 Å². The average molecular weight is 349 g/mol. The maximum atomic E-state index is 10.7. The molecule has 0 spiro atoms. The van der Waals surface area contributed by atoms with Crippen LogP contribution in [0.3, 0.4) is 0 Å². The molecule has 134 valence electrons. The van der Waals surface area contributed by atoms with Crippen LogP contribution in [-0.2, 0) is 6.42 Å². The van der Waals surface area contributed by atoms with Crippen LogP contribution in [0, 0.1) is 12.8 Å². The third kappa shape index (κ3) is 3.10. The first-order valence-electron chi connectivity index (χ1n) is 8.93. The summed E-state index contributed by atoms with van der Waals surface area (Å²) in [5.74, 6) is 1.71. The SMILES string of the molecule is COc1ccc(C)nc1N1C[C@@H](Cc2ccnc3ccccc23)[C@H](O)C1. The molecule has 5 heteroatoms. The molecule has 0 unspecified atom stereocenters. The number of anilines is 1. The molecule has 1 aliphatic rings. The Morgan fingerprint density at radius 3 is 2.85 bits per heavy atom. The number of fused-ring (bicyclic) bond motifs is 1. The molecule has 1 aliphatic heterocycles. The van der Waals surface area contributed by atoms with E-state index < -0.39 is 6.10 Å². The van der Waals surface area contributed by atoms with E-state index in [-0.39, 0.29) is 5.92 Å². The number of hydrogen-bond acceptors (Lipinski definition) is 5. The lowest BCUT2D eigenvalue weighted by atomic mass is 9.94. The molecule has 4 rings (SSSR count). The maximum absolute atomic E-state index is 10.7. The molecule has 3 aromatic rings. The Kier molecular flexibility index (Phi) is 4.47. The minimum Gasteiger partial charge on any atom is -0.493 e. The first-order chi connectivity index (χ1) is 12.7. The molecule has 1 N–H and O–H groups in total. The van der Waals surface area contributed by atoms with E-state index in [2.05, 4.69) is 27.0 Å². The lowest BCUT2D eigenvalue weighted by Crippen LogP contribution is -2.23. The van der Waals surface area contributed by atoms with Gasteiger partial charge in [0.1, 0.15) is 0 Å². The number of pyridine rings is 2. The fraction of sp³-hybridized carbons (Fsp3) is 0.333. The molecule has 2 aromatic heterocycles. The molecular weight excluding hydrogens is 326 g/mol. The number of nitrogens with zero attached hydrogens (tertiary/aromatic N) is 3. The minimum atomic E-state index is -0.394. The van der Waals surface area contributed by atoms with Crippen molar-refractivity contribution in [3.63, 3.8) is 0 Å². The average Bonchev–Trinajstić information content (AvgIpc) is 3.02. The molecule has 5 nitrogen and oxygen atoms in total. The number of aliphatic hydroxyl groups excluding tert-OH is 1. The zero-order chi connectivity index (χ0) is 18.1. The van der Waals surface area contributed by atoms with Crippen LogP contribution < -0.4 is 9.64 Å². The van der Waals surface area contributed by atoms with Gasteiger partial charge in [0.05, 0.1) is 18.7 Å². The lowest BCUT2D eigenvalue weighted by Gasteiger charge is -2.20. The molecule has 3 heterocycles. The van der Waals surface area contributed by atoms with Crippen molar-refractivity contribution in [1.29, 1.82) is 0 Å². The van der Waals surface area contributed by atoms with Gasteiger partial charge in [-0.05, 0) is 43.2 Å². The van der Waals surface area contributed by atoms with Crippen molar-refractivity contribution in [2.75, 3.05) is 25.1 Å². The summed E-state index contributed by atoms with van der Waals surface area (Å²) in [5.41, 5.74) is 3.17. The Morgan fingerprint density at radius 2 is 2.00 bits per heavy atom. The summed E-state index contributed by atoms with van der Waals surface area (Å²) in [7, 11) is 1.66. The molecule has 0 bridgehead atoms. The van der Waals surface area contributed by atoms with E-state index in [0.717, 1.165) is 41.1 Å². The van der Waals surface area contributed by atoms with E-state index in [1.54, 1.807) is 7.11 Å². The number of benzene rings is 1. The molecule has 0 aliphatic carbocycles. The van der Waals surface area contributed by atoms with Gasteiger partial charge in [-0.1, -0.05) is 18.2 Å². The first-order valence-corrected chi connectivity index (χ1v) is 8.93. The Hall–Kier alpha value is -2.66. The highest BCUT2D eigenvalue weighted by Gasteiger charge is 2.33. The molecule has 26 heavy (non-hydrogen) atoms. The van der Waals surface area contributed by atoms with Gasteiger partial charge in [0.2, 0.25) is 0 Å². The second-order valence-corrected chi connectivity index (χ2v) is 6.90. The lowest BCUT2D eigenvalue weighted by molar-refractivity contribution is 0.148. The number of β-amino-alcohol motifs (C(OH)–C–C–N with tert-alkyl or cyclic N) is 1. The number of ether oxygens (including phenoxy) is 1. The topological polar surface area (TPSA) is 58.5 Å². The highest BCUT2D eigenvalue weighted by Crippen LogP contribution is 2.32. The van der Waals surface area contributed by atoms with E-state index in [4.69, 9.17) is 4.74 Å². The summed E-state index contributed by atoms with van der Waals surface area (Å²) in [6.45, 7) is 3.29. The molecule has 0 saturated carbocycles. The maximum Gasteiger partial charge on any atom is 0.171 e. The summed E-state index contributed by atoms with van der Waals surface area (Å²) in [6.07, 6.45) is 2.27. The van der Waals surface area contributed by atoms with Crippen molar-refractivity contribution in [2.45, 2.75) is 19.4 Å². The van der Waals surface area contributed by atoms with Gasteiger partial charge in [-0.2, -0.15) is 0 Å². The third-order valence-electron chi connectivity index (χ3n) is 5.13. The number of hydrogen-bond donors (Lipinski definition) is 1. The van der Waals surface area contributed by atoms with Crippen LogP contribution in [0.2, 0.25) is 0 Å². The summed E-state index contributed by atoms with van der Waals surface area (Å²) >= 11 is 0. The number of aliphatic hydroxyl groups is 1. The van der Waals surface area contributed by atoms with Crippen molar-refractivity contribution < 1.29 is 9.84 Å². The Labute approximate surface area is 153 Å². The molecule has 1 fully saturated rings. The smallest absolute Gasteiger partial charge is 0.171 e. The third-order valence-corrected chi connectivity index (χ3v) is 5.13. The molecule has 0 amide bonds. The van der Waals surface area contributed by atoms with Gasteiger partial charge in [-0.15, -0.1) is 0 Å². The van der Waals surface area contributed by atoms with Gasteiger partial charge in [0.15, 0.2) is 11.6 Å². The van der Waals surface area contributed by atoms with E-state index in [1.165, 1.54) is 5.56 Å². The number of para-hydroxylation sites is 1. The van der Waals surface area contributed by atoms with E-state index >= 15 is 0 Å². The second-order valence-electron chi connectivity index (χ2n) is 6.90. The largest absolute Gasteiger partial charge is 0.493 e. The van der Waals surface area contributed by atoms with Crippen LogP contribution in [0.25, 0.3) is 10.9 Å². The molecular formula is C21H23N3O2. The van der Waals surface area contributed by atoms with Crippen molar-refractivity contribution in [3.05, 3.63) is 59.9 Å². The van der Waals surface area contributed by atoms with Crippen molar-refractivity contribution in [3.8, 4) is 5.75 Å². The quantitative estimate of drug-likeness (QED) is 0.785. The van der Waals surface area contributed by atoms with Crippen LogP contribution in [0.15, 0.2) is 48.7 Å². The molecule has 1 aromatic carbocycles. The highest BCUT2D eigenvalue weighted by atomic mass is 16.5. The summed E-state index contributed by atoms with van der Waals surface area (Å²) in [5, 5.41) is 11.8. The number of aromatic nitrogens is 2. The molecule has 2 atom stereocenters. The van der Waals surface area contributed by atoms with Crippen molar-refractivity contribution in [1.82, 2.24) is 9.97 Å². The van der Waals surface area contributed by atoms with Gasteiger partial charge in [0.25, 0.3) is 0 Å². The van der Waals surface area contributed by atoms with E-state index in [1.807, 2.05) is 43.5 Å². The first kappa shape index (κ1) is 16.8. The predicted octanol–water partition coefficient (Wildman–Crippen LogP) is 2.99. The van der Waals surface area contributed by atoms with Crippen molar-refractivity contribution in [2.24, 2.45) is 5.92 Å². The predicted molar refractivity (Wildman–Crippen MR) is 103 cm³/mol. The Balaban J connectivity index is 1.59. The normalized spacial score (nSPS) is 19.9. The number of methoxy groups -OCH3 is 1. The van der Waals surface area contributed by atoms with Crippen LogP contribution in [0.4, 0.5) is 5.82 Å². The standard InChI is InChI=1S/C21H23N3O2/c1-14-7-8-20(26-2)21(23-14)24-12-16(19(25)13-24)11-15-9-10-22-18-6-4-3-5-17(15)18/h3-10,16,19,25H,11-13H2,1-2H3/t16-,19-/m1/s1. The zero-order valence-electron chi connectivity index (χ0n) is 15.1. The second kappa shape index (κ2) is 6.92. The van der Waals surface area contributed by atoms with Crippen molar-refractivity contribution >= 4 is 16.7 Å². The van der Waals surface area contributed by atoms with Gasteiger partial charge in [-0.25, -0.2) is 4.98 Å². The van der Waals surface area contributed by atoms with Gasteiger partial charge in [0, 0.05) is 36.3 Å². The summed E-state index contributed by atoms with van der Waals surface area (Å²) in [4.78, 5) is 11.2. The Bertz CT molecular complexity index is 923. The van der Waals surface area contributed by atoms with E-state index in [9.17, 15) is 5.11 Å². The molecule has 1 saturated heterocycles. The number of rotatable bonds is 4. The monoisotopic (exact) mass is 349 g/mol. The van der Waals surface area contributed by atoms with Gasteiger partial charge < -0.3 is 14.7 Å². The van der Waals surface area contributed by atoms with E-state index in [0.29, 0.717) is 6.54 Å². The van der Waals surface area contributed by atoms with Crippen LogP contribution >= 0.6 is 0 Å². The number of aryl methyl sites for hydroxylation is 1. The Morgan fingerprint density at radius 1 is 1.15 bits per heavy atom. The fourth-order valence-electron chi connectivity index (χ4n) is 3.76. The van der Waals surface area contributed by atoms with Crippen LogP contribution in [0.1, 0.15) is 11.3 Å². The fourth-order valence-corrected chi connectivity index (χ4v) is 3.76. The minimum absolute atomic E-state index is 0.146. The summed E-state index contributed by atoms with van der Waals surface area (Å²) in [6, 6.07) is 14.1.